The molecule has 1 atom stereocenters. The van der Waals surface area contributed by atoms with Gasteiger partial charge in [0.1, 0.15) is 5.76 Å². The Morgan fingerprint density at radius 3 is 2.49 bits per heavy atom. The van der Waals surface area contributed by atoms with Gasteiger partial charge in [0.05, 0.1) is 24.8 Å². The third kappa shape index (κ3) is 6.16. The van der Waals surface area contributed by atoms with Crippen LogP contribution in [0, 0.1) is 0 Å². The van der Waals surface area contributed by atoms with Crippen LogP contribution in [0.4, 0.5) is 5.13 Å². The zero-order valence-corrected chi connectivity index (χ0v) is 26.4. The largest absolute Gasteiger partial charge is 0.507 e. The van der Waals surface area contributed by atoms with Crippen molar-refractivity contribution < 1.29 is 24.2 Å². The number of amides is 1. The maximum atomic E-state index is 13.7. The molecule has 5 aromatic rings. The number of nitrogens with zero attached hydrogens (tertiary/aromatic N) is 3. The van der Waals surface area contributed by atoms with Gasteiger partial charge in [0.25, 0.3) is 5.78 Å². The standard InChI is InChI=1S/C35H31N3O5S2/c1-3-19-43-27-18-17-24(20-28(27)42-4-2)30-29(31(39)23-12-6-5-7-13-23)32(40)33(41)38(30)34-36-37-35(45-34)44-21-25-15-10-14-22-11-8-9-16-26(22)25/h5-18,20,30,39H,3-4,19,21H2,1-2H3/b31-29+. The minimum Gasteiger partial charge on any atom is -0.507 e. The summed E-state index contributed by atoms with van der Waals surface area (Å²) in [6.07, 6.45) is 0.822. The molecule has 1 fully saturated rings. The van der Waals surface area contributed by atoms with Gasteiger partial charge >= 0.3 is 5.91 Å². The average molecular weight is 638 g/mol. The highest BCUT2D eigenvalue weighted by atomic mass is 32.2. The first-order chi connectivity index (χ1) is 22.0. The van der Waals surface area contributed by atoms with Gasteiger partial charge in [-0.2, -0.15) is 0 Å². The highest BCUT2D eigenvalue weighted by Crippen LogP contribution is 2.45. The Bertz CT molecular complexity index is 1880. The van der Waals surface area contributed by atoms with Crippen molar-refractivity contribution in [3.8, 4) is 11.5 Å². The van der Waals surface area contributed by atoms with Gasteiger partial charge in [0.2, 0.25) is 5.13 Å². The van der Waals surface area contributed by atoms with Crippen LogP contribution in [0.3, 0.4) is 0 Å². The fourth-order valence-electron chi connectivity index (χ4n) is 5.31. The molecule has 6 rings (SSSR count). The predicted octanol–water partition coefficient (Wildman–Crippen LogP) is 7.80. The van der Waals surface area contributed by atoms with Crippen molar-refractivity contribution in [2.45, 2.75) is 36.4 Å². The van der Waals surface area contributed by atoms with E-state index < -0.39 is 17.7 Å². The van der Waals surface area contributed by atoms with Crippen LogP contribution in [0.1, 0.15) is 43.0 Å². The van der Waals surface area contributed by atoms with Gasteiger partial charge in [0, 0.05) is 11.3 Å². The smallest absolute Gasteiger partial charge is 0.301 e. The highest BCUT2D eigenvalue weighted by Gasteiger charge is 2.48. The predicted molar refractivity (Wildman–Crippen MR) is 178 cm³/mol. The number of Topliss-reactive ketones (excluding diaryl/α,β-unsaturated/α-hetero) is 1. The Labute approximate surface area is 269 Å². The Kier molecular flexibility index (Phi) is 9.13. The van der Waals surface area contributed by atoms with Crippen molar-refractivity contribution in [2.75, 3.05) is 18.1 Å². The number of aliphatic hydroxyl groups is 1. The number of ether oxygens (including phenoxy) is 2. The van der Waals surface area contributed by atoms with Crippen molar-refractivity contribution in [1.82, 2.24) is 10.2 Å². The maximum absolute atomic E-state index is 13.7. The Morgan fingerprint density at radius 1 is 0.911 bits per heavy atom. The molecule has 0 bridgehead atoms. The summed E-state index contributed by atoms with van der Waals surface area (Å²) in [5, 5.41) is 22.8. The normalized spacial score (nSPS) is 16.0. The van der Waals surface area contributed by atoms with Gasteiger partial charge in [-0.05, 0) is 47.4 Å². The Hall–Kier alpha value is -4.67. The lowest BCUT2D eigenvalue weighted by molar-refractivity contribution is -0.132. The molecule has 0 saturated carbocycles. The van der Waals surface area contributed by atoms with E-state index in [0.29, 0.717) is 45.9 Å². The summed E-state index contributed by atoms with van der Waals surface area (Å²) in [5.41, 5.74) is 2.12. The maximum Gasteiger partial charge on any atom is 0.301 e. The van der Waals surface area contributed by atoms with Crippen LogP contribution in [0.5, 0.6) is 11.5 Å². The molecule has 228 valence electrons. The topological polar surface area (TPSA) is 102 Å². The fraction of sp³-hybridized carbons (Fsp3) is 0.200. The molecule has 1 amide bonds. The summed E-state index contributed by atoms with van der Waals surface area (Å²) in [5.74, 6) is -0.152. The number of rotatable bonds is 11. The van der Waals surface area contributed by atoms with E-state index >= 15 is 0 Å². The number of ketones is 1. The number of benzene rings is 4. The summed E-state index contributed by atoms with van der Waals surface area (Å²) >= 11 is 2.74. The van der Waals surface area contributed by atoms with E-state index in [0.717, 1.165) is 17.4 Å². The highest BCUT2D eigenvalue weighted by molar-refractivity contribution is 8.00. The number of aromatic nitrogens is 2. The number of fused-ring (bicyclic) bond motifs is 1. The number of carbonyl (C=O) groups excluding carboxylic acids is 2. The number of thioether (sulfide) groups is 1. The lowest BCUT2D eigenvalue weighted by Crippen LogP contribution is -2.29. The molecule has 10 heteroatoms. The molecule has 1 saturated heterocycles. The molecule has 1 aliphatic rings. The van der Waals surface area contributed by atoms with E-state index in [1.165, 1.54) is 33.4 Å². The van der Waals surface area contributed by atoms with Crippen LogP contribution in [0.2, 0.25) is 0 Å². The third-order valence-electron chi connectivity index (χ3n) is 7.37. The summed E-state index contributed by atoms with van der Waals surface area (Å²) < 4.78 is 12.4. The molecular formula is C35H31N3O5S2. The van der Waals surface area contributed by atoms with E-state index in [1.807, 2.05) is 38.1 Å². The van der Waals surface area contributed by atoms with Crippen LogP contribution < -0.4 is 14.4 Å². The number of carbonyl (C=O) groups is 2. The summed E-state index contributed by atoms with van der Waals surface area (Å²) in [6.45, 7) is 4.79. The van der Waals surface area contributed by atoms with Gasteiger partial charge in [-0.3, -0.25) is 14.5 Å². The van der Waals surface area contributed by atoms with Gasteiger partial charge in [-0.25, -0.2) is 0 Å². The van der Waals surface area contributed by atoms with Crippen LogP contribution in [-0.2, 0) is 15.3 Å². The van der Waals surface area contributed by atoms with E-state index in [4.69, 9.17) is 9.47 Å². The molecule has 1 N–H and O–H groups in total. The van der Waals surface area contributed by atoms with Crippen LogP contribution in [0.25, 0.3) is 16.5 Å². The second-order valence-electron chi connectivity index (χ2n) is 10.3. The molecule has 1 aliphatic heterocycles. The SMILES string of the molecule is CCCOc1ccc(C2/C(=C(\O)c3ccccc3)C(=O)C(=O)N2c2nnc(SCc3cccc4ccccc34)s2)cc1OCC. The number of aliphatic hydroxyl groups excluding tert-OH is 1. The van der Waals surface area contributed by atoms with Crippen molar-refractivity contribution in [1.29, 1.82) is 0 Å². The van der Waals surface area contributed by atoms with E-state index in [-0.39, 0.29) is 16.5 Å². The van der Waals surface area contributed by atoms with Gasteiger partial charge in [0.15, 0.2) is 15.8 Å². The zero-order valence-electron chi connectivity index (χ0n) is 24.8. The summed E-state index contributed by atoms with van der Waals surface area (Å²) in [6, 6.07) is 27.5. The molecule has 1 aromatic heterocycles. The average Bonchev–Trinajstić information content (AvgIpc) is 3.64. The monoisotopic (exact) mass is 637 g/mol. The third-order valence-corrected chi connectivity index (χ3v) is 9.47. The molecule has 4 aromatic carbocycles. The first-order valence-electron chi connectivity index (χ1n) is 14.7. The lowest BCUT2D eigenvalue weighted by atomic mass is 9.95. The second kappa shape index (κ2) is 13.5. The van der Waals surface area contributed by atoms with Crippen molar-refractivity contribution in [3.63, 3.8) is 0 Å². The molecule has 8 nitrogen and oxygen atoms in total. The van der Waals surface area contributed by atoms with Gasteiger partial charge in [-0.15, -0.1) is 10.2 Å². The molecular weight excluding hydrogens is 607 g/mol. The van der Waals surface area contributed by atoms with Crippen LogP contribution in [0.15, 0.2) is 101 Å². The minimum atomic E-state index is -0.964. The fourth-order valence-corrected chi connectivity index (χ4v) is 7.18. The minimum absolute atomic E-state index is 0.0315. The Morgan fingerprint density at radius 2 is 1.69 bits per heavy atom. The van der Waals surface area contributed by atoms with Gasteiger partial charge in [-0.1, -0.05) is 109 Å². The first-order valence-corrected chi connectivity index (χ1v) is 16.5. The van der Waals surface area contributed by atoms with Crippen LogP contribution >= 0.6 is 23.1 Å². The van der Waals surface area contributed by atoms with Crippen molar-refractivity contribution in [2.24, 2.45) is 0 Å². The summed E-state index contributed by atoms with van der Waals surface area (Å²) in [4.78, 5) is 28.7. The van der Waals surface area contributed by atoms with Crippen molar-refractivity contribution in [3.05, 3.63) is 113 Å². The summed E-state index contributed by atoms with van der Waals surface area (Å²) in [7, 11) is 0. The zero-order chi connectivity index (χ0) is 31.3. The molecule has 2 heterocycles. The van der Waals surface area contributed by atoms with Crippen molar-refractivity contribution >= 4 is 56.5 Å². The molecule has 0 aliphatic carbocycles. The Balaban J connectivity index is 1.39. The van der Waals surface area contributed by atoms with E-state index in [2.05, 4.69) is 34.5 Å². The number of hydrogen-bond acceptors (Lipinski definition) is 9. The molecule has 1 unspecified atom stereocenters. The molecule has 45 heavy (non-hydrogen) atoms. The second-order valence-corrected chi connectivity index (χ2v) is 12.5. The van der Waals surface area contributed by atoms with E-state index in [9.17, 15) is 14.7 Å². The number of hydrogen-bond donors (Lipinski definition) is 1. The quantitative estimate of drug-likeness (QED) is 0.0515. The lowest BCUT2D eigenvalue weighted by Gasteiger charge is -2.23. The van der Waals surface area contributed by atoms with Crippen LogP contribution in [-0.4, -0.2) is 40.2 Å². The molecule has 0 radical (unpaired) electrons. The van der Waals surface area contributed by atoms with Gasteiger partial charge < -0.3 is 14.6 Å². The number of anilines is 1. The molecule has 0 spiro atoms. The first kappa shape index (κ1) is 30.4. The van der Waals surface area contributed by atoms with E-state index in [1.54, 1.807) is 42.5 Å².